The Morgan fingerprint density at radius 2 is 2.00 bits per heavy atom. The van der Waals surface area contributed by atoms with Crippen molar-refractivity contribution in [3.8, 4) is 5.75 Å². The highest BCUT2D eigenvalue weighted by Gasteiger charge is 2.09. The Bertz CT molecular complexity index is 481. The van der Waals surface area contributed by atoms with Gasteiger partial charge in [0.1, 0.15) is 0 Å². The smallest absolute Gasteiger partial charge is 0.228 e. The number of aromatic hydroxyl groups is 1. The molecule has 15 heavy (non-hydrogen) atoms. The van der Waals surface area contributed by atoms with E-state index in [9.17, 15) is 9.90 Å². The molecule has 0 radical (unpaired) electrons. The summed E-state index contributed by atoms with van der Waals surface area (Å²) in [5.41, 5.74) is 0.793. The molecule has 0 aromatic heterocycles. The van der Waals surface area contributed by atoms with Crippen LogP contribution in [-0.2, 0) is 0 Å². The van der Waals surface area contributed by atoms with Gasteiger partial charge in [-0.05, 0) is 45.5 Å². The summed E-state index contributed by atoms with van der Waals surface area (Å²) in [6, 6.07) is 3.29. The third-order valence-corrected chi connectivity index (χ3v) is 3.57. The van der Waals surface area contributed by atoms with E-state index in [0.717, 1.165) is 10.0 Å². The van der Waals surface area contributed by atoms with Gasteiger partial charge in [0.25, 0.3) is 0 Å². The van der Waals surface area contributed by atoms with Crippen molar-refractivity contribution in [3.05, 3.63) is 41.9 Å². The Hall–Kier alpha value is -0.130. The van der Waals surface area contributed by atoms with Crippen LogP contribution >= 0.6 is 47.8 Å². The normalized spacial score (nSPS) is 11.6. The number of allylic oxidation sites excluding steroid dienone is 1. The molecule has 0 spiro atoms. The molecule has 80 valence electrons. The average Bonchev–Trinajstić information content (AvgIpc) is 2.30. The lowest BCUT2D eigenvalue weighted by Crippen LogP contribution is -2.03. The Morgan fingerprint density at radius 1 is 1.40 bits per heavy atom. The molecule has 0 saturated heterocycles. The van der Waals surface area contributed by atoms with Crippen LogP contribution in [0.15, 0.2) is 30.9 Å². The number of hydrogen-bond donors (Lipinski definition) is 1. The Labute approximate surface area is 112 Å². The maximum absolute atomic E-state index is 11.8. The molecule has 1 aromatic rings. The topological polar surface area (TPSA) is 37.3 Å². The van der Waals surface area contributed by atoms with Gasteiger partial charge in [-0.1, -0.05) is 31.9 Å². The molecule has 2 nitrogen and oxygen atoms in total. The van der Waals surface area contributed by atoms with Gasteiger partial charge in [-0.25, -0.2) is 0 Å². The van der Waals surface area contributed by atoms with Crippen molar-refractivity contribution >= 4 is 53.4 Å². The SMILES string of the molecule is C/C(=C/Br)c1cc(Br)cc(Br)c(O)c1=O. The fourth-order valence-electron chi connectivity index (χ4n) is 1.02. The minimum atomic E-state index is -0.402. The summed E-state index contributed by atoms with van der Waals surface area (Å²) < 4.78 is 1.09. The Morgan fingerprint density at radius 3 is 2.53 bits per heavy atom. The zero-order valence-corrected chi connectivity index (χ0v) is 12.5. The summed E-state index contributed by atoms with van der Waals surface area (Å²) in [5, 5.41) is 9.59. The van der Waals surface area contributed by atoms with E-state index < -0.39 is 5.43 Å². The molecule has 0 heterocycles. The second-order valence-electron chi connectivity index (χ2n) is 2.91. The highest BCUT2D eigenvalue weighted by atomic mass is 79.9. The monoisotopic (exact) mass is 396 g/mol. The van der Waals surface area contributed by atoms with E-state index in [1.165, 1.54) is 0 Å². The first kappa shape index (κ1) is 12.9. The van der Waals surface area contributed by atoms with Crippen molar-refractivity contribution < 1.29 is 5.11 Å². The fourth-order valence-corrected chi connectivity index (χ4v) is 2.46. The zero-order valence-electron chi connectivity index (χ0n) is 7.72. The average molecular weight is 399 g/mol. The van der Waals surface area contributed by atoms with Crippen LogP contribution in [0.3, 0.4) is 0 Å². The van der Waals surface area contributed by atoms with Gasteiger partial charge in [-0.15, -0.1) is 0 Å². The van der Waals surface area contributed by atoms with Gasteiger partial charge in [0.2, 0.25) is 5.43 Å². The van der Waals surface area contributed by atoms with E-state index in [0.29, 0.717) is 10.0 Å². The molecule has 0 aliphatic carbocycles. The van der Waals surface area contributed by atoms with Crippen molar-refractivity contribution in [2.75, 3.05) is 0 Å². The third kappa shape index (κ3) is 2.92. The highest BCUT2D eigenvalue weighted by Crippen LogP contribution is 2.25. The lowest BCUT2D eigenvalue weighted by atomic mass is 10.1. The quantitative estimate of drug-likeness (QED) is 0.775. The Balaban J connectivity index is 3.71. The van der Waals surface area contributed by atoms with Gasteiger partial charge >= 0.3 is 0 Å². The predicted octanol–water partition coefficient (Wildman–Crippen LogP) is 4.03. The maximum Gasteiger partial charge on any atom is 0.228 e. The van der Waals surface area contributed by atoms with Crippen molar-refractivity contribution in [1.82, 2.24) is 0 Å². The van der Waals surface area contributed by atoms with Crippen LogP contribution in [0.25, 0.3) is 5.57 Å². The van der Waals surface area contributed by atoms with E-state index >= 15 is 0 Å². The summed E-state index contributed by atoms with van der Waals surface area (Å²) in [6.07, 6.45) is 0. The summed E-state index contributed by atoms with van der Waals surface area (Å²) in [5.74, 6) is -0.288. The second kappa shape index (κ2) is 5.27. The van der Waals surface area contributed by atoms with Crippen LogP contribution in [0.1, 0.15) is 12.5 Å². The molecule has 0 fully saturated rings. The van der Waals surface area contributed by atoms with Gasteiger partial charge in [-0.2, -0.15) is 0 Å². The van der Waals surface area contributed by atoms with Crippen LogP contribution in [0.4, 0.5) is 0 Å². The number of hydrogen-bond acceptors (Lipinski definition) is 2. The van der Waals surface area contributed by atoms with Gasteiger partial charge in [0.05, 0.1) is 4.47 Å². The largest absolute Gasteiger partial charge is 0.503 e. The molecule has 5 heteroatoms. The maximum atomic E-state index is 11.8. The number of halogens is 3. The van der Waals surface area contributed by atoms with Crippen LogP contribution in [0, 0.1) is 0 Å². The molecule has 0 atom stereocenters. The minimum Gasteiger partial charge on any atom is -0.503 e. The summed E-state index contributed by atoms with van der Waals surface area (Å²) in [6.45, 7) is 1.78. The van der Waals surface area contributed by atoms with Crippen molar-refractivity contribution in [2.24, 2.45) is 0 Å². The van der Waals surface area contributed by atoms with E-state index in [1.54, 1.807) is 24.0 Å². The van der Waals surface area contributed by atoms with Gasteiger partial charge in [0, 0.05) is 10.0 Å². The van der Waals surface area contributed by atoms with E-state index in [2.05, 4.69) is 47.8 Å². The van der Waals surface area contributed by atoms with Crippen molar-refractivity contribution in [3.63, 3.8) is 0 Å². The summed E-state index contributed by atoms with van der Waals surface area (Å²) in [4.78, 5) is 13.4. The summed E-state index contributed by atoms with van der Waals surface area (Å²) in [7, 11) is 0. The second-order valence-corrected chi connectivity index (χ2v) is 5.13. The van der Waals surface area contributed by atoms with Gasteiger partial charge in [-0.3, -0.25) is 4.79 Å². The molecule has 1 rings (SSSR count). The molecule has 1 aromatic carbocycles. The van der Waals surface area contributed by atoms with Crippen LogP contribution < -0.4 is 5.43 Å². The molecule has 0 unspecified atom stereocenters. The minimum absolute atomic E-state index is 0.288. The molecule has 0 amide bonds. The highest BCUT2D eigenvalue weighted by molar-refractivity contribution is 9.11. The van der Waals surface area contributed by atoms with Gasteiger partial charge in [0.15, 0.2) is 5.75 Å². The molecular weight excluding hydrogens is 392 g/mol. The van der Waals surface area contributed by atoms with Crippen molar-refractivity contribution in [1.29, 1.82) is 0 Å². The lowest BCUT2D eigenvalue weighted by Gasteiger charge is -1.95. The van der Waals surface area contributed by atoms with Gasteiger partial charge < -0.3 is 5.11 Å². The molecule has 0 aliphatic rings. The van der Waals surface area contributed by atoms with Crippen LogP contribution in [0.5, 0.6) is 5.75 Å². The van der Waals surface area contributed by atoms with E-state index in [4.69, 9.17) is 0 Å². The first-order valence-corrected chi connectivity index (χ1v) is 6.47. The standard InChI is InChI=1S/C10H7Br3O2/c1-5(4-11)7-2-6(12)3-8(13)10(15)9(7)14/h2-4H,1H3,(H,14,15)/b5-4-. The first-order chi connectivity index (χ1) is 6.97. The molecule has 0 aliphatic heterocycles. The Kier molecular flexibility index (Phi) is 4.55. The lowest BCUT2D eigenvalue weighted by molar-refractivity contribution is 0.467. The first-order valence-electron chi connectivity index (χ1n) is 3.97. The molecule has 0 saturated carbocycles. The molecular formula is C10H7Br3O2. The predicted molar refractivity (Wildman–Crippen MR) is 72.4 cm³/mol. The van der Waals surface area contributed by atoms with Crippen molar-refractivity contribution in [2.45, 2.75) is 6.92 Å². The zero-order chi connectivity index (χ0) is 11.6. The van der Waals surface area contributed by atoms with E-state index in [1.807, 2.05) is 0 Å². The van der Waals surface area contributed by atoms with E-state index in [-0.39, 0.29) is 5.75 Å². The number of rotatable bonds is 1. The van der Waals surface area contributed by atoms with Crippen LogP contribution in [-0.4, -0.2) is 5.11 Å². The molecule has 0 bridgehead atoms. The molecule has 1 N–H and O–H groups in total. The fraction of sp³-hybridized carbons (Fsp3) is 0.100. The van der Waals surface area contributed by atoms with Crippen LogP contribution in [0.2, 0.25) is 0 Å². The third-order valence-electron chi connectivity index (χ3n) is 1.82. The summed E-state index contributed by atoms with van der Waals surface area (Å²) >= 11 is 9.57.